The van der Waals surface area contributed by atoms with Gasteiger partial charge < -0.3 is 15.3 Å². The second-order valence-corrected chi connectivity index (χ2v) is 6.66. The van der Waals surface area contributed by atoms with E-state index in [4.69, 9.17) is 0 Å². The topological polar surface area (TPSA) is 69.6 Å². The number of hydrogen-bond donors (Lipinski definition) is 2. The van der Waals surface area contributed by atoms with Crippen LogP contribution in [0.5, 0.6) is 0 Å². The van der Waals surface area contributed by atoms with E-state index in [0.717, 1.165) is 12.8 Å². The first kappa shape index (κ1) is 15.9. The molecule has 23 heavy (non-hydrogen) atoms. The number of fused-ring (bicyclic) bond motifs is 1. The van der Waals surface area contributed by atoms with Crippen LogP contribution in [0.3, 0.4) is 0 Å². The van der Waals surface area contributed by atoms with Crippen molar-refractivity contribution in [3.8, 4) is 0 Å². The summed E-state index contributed by atoms with van der Waals surface area (Å²) in [4.78, 5) is 26.1. The average Bonchev–Trinajstić information content (AvgIpc) is 2.91. The molecule has 1 heterocycles. The lowest BCUT2D eigenvalue weighted by atomic mass is 9.89. The van der Waals surface area contributed by atoms with Crippen LogP contribution in [0.2, 0.25) is 0 Å². The SMILES string of the molecule is CN(CC1(O)CCCC1)C(=O)C1CC(=O)Nc2cc(F)ccc21. The summed E-state index contributed by atoms with van der Waals surface area (Å²) in [6, 6.07) is 4.07. The van der Waals surface area contributed by atoms with Crippen LogP contribution in [0.25, 0.3) is 0 Å². The molecule has 1 aromatic carbocycles. The van der Waals surface area contributed by atoms with E-state index < -0.39 is 17.3 Å². The Labute approximate surface area is 134 Å². The normalized spacial score (nSPS) is 22.4. The minimum atomic E-state index is -0.826. The Morgan fingerprint density at radius 2 is 2.13 bits per heavy atom. The minimum Gasteiger partial charge on any atom is -0.388 e. The van der Waals surface area contributed by atoms with Crippen molar-refractivity contribution >= 4 is 17.5 Å². The minimum absolute atomic E-state index is 0.0419. The molecule has 1 unspecified atom stereocenters. The molecule has 1 atom stereocenters. The van der Waals surface area contributed by atoms with Crippen LogP contribution in [0.15, 0.2) is 18.2 Å². The molecular weight excluding hydrogens is 299 g/mol. The average molecular weight is 320 g/mol. The van der Waals surface area contributed by atoms with Gasteiger partial charge in [0.1, 0.15) is 5.82 Å². The molecule has 1 saturated carbocycles. The summed E-state index contributed by atoms with van der Waals surface area (Å²) in [6.45, 7) is 0.264. The van der Waals surface area contributed by atoms with Gasteiger partial charge in [-0.2, -0.15) is 0 Å². The Bertz CT molecular complexity index is 641. The number of rotatable bonds is 3. The number of anilines is 1. The van der Waals surface area contributed by atoms with Crippen molar-refractivity contribution in [2.75, 3.05) is 18.9 Å². The fraction of sp³-hybridized carbons (Fsp3) is 0.529. The van der Waals surface area contributed by atoms with Gasteiger partial charge in [-0.1, -0.05) is 18.9 Å². The Kier molecular flexibility index (Phi) is 4.10. The highest BCUT2D eigenvalue weighted by Crippen LogP contribution is 2.35. The monoisotopic (exact) mass is 320 g/mol. The molecule has 0 bridgehead atoms. The summed E-state index contributed by atoms with van der Waals surface area (Å²) in [7, 11) is 1.65. The fourth-order valence-electron chi connectivity index (χ4n) is 3.63. The highest BCUT2D eigenvalue weighted by molar-refractivity contribution is 6.01. The van der Waals surface area contributed by atoms with Crippen LogP contribution in [0.4, 0.5) is 10.1 Å². The van der Waals surface area contributed by atoms with E-state index in [2.05, 4.69) is 5.32 Å². The largest absolute Gasteiger partial charge is 0.388 e. The van der Waals surface area contributed by atoms with Gasteiger partial charge in [0, 0.05) is 25.7 Å². The number of aliphatic hydroxyl groups is 1. The Hall–Kier alpha value is -1.95. The maximum absolute atomic E-state index is 13.3. The van der Waals surface area contributed by atoms with E-state index in [1.165, 1.54) is 17.0 Å². The van der Waals surface area contributed by atoms with E-state index in [-0.39, 0.29) is 24.8 Å². The molecule has 0 aromatic heterocycles. The van der Waals surface area contributed by atoms with Crippen molar-refractivity contribution in [1.29, 1.82) is 0 Å². The molecule has 2 aliphatic rings. The molecule has 0 spiro atoms. The van der Waals surface area contributed by atoms with Gasteiger partial charge in [-0.05, 0) is 30.5 Å². The smallest absolute Gasteiger partial charge is 0.230 e. The van der Waals surface area contributed by atoms with Crippen LogP contribution >= 0.6 is 0 Å². The first-order valence-corrected chi connectivity index (χ1v) is 7.95. The number of halogens is 1. The number of nitrogens with zero attached hydrogens (tertiary/aromatic N) is 1. The summed E-state index contributed by atoms with van der Waals surface area (Å²) < 4.78 is 13.3. The van der Waals surface area contributed by atoms with Crippen molar-refractivity contribution < 1.29 is 19.1 Å². The van der Waals surface area contributed by atoms with Gasteiger partial charge in [0.15, 0.2) is 0 Å². The van der Waals surface area contributed by atoms with E-state index in [0.29, 0.717) is 24.1 Å². The van der Waals surface area contributed by atoms with Crippen molar-refractivity contribution in [1.82, 2.24) is 4.90 Å². The molecule has 2 N–H and O–H groups in total. The number of nitrogens with one attached hydrogen (secondary N) is 1. The van der Waals surface area contributed by atoms with Crippen LogP contribution in [0.1, 0.15) is 43.6 Å². The zero-order valence-corrected chi connectivity index (χ0v) is 13.1. The Balaban J connectivity index is 1.80. The van der Waals surface area contributed by atoms with Crippen LogP contribution in [-0.4, -0.2) is 41.0 Å². The maximum Gasteiger partial charge on any atom is 0.230 e. The Morgan fingerprint density at radius 3 is 2.83 bits per heavy atom. The van der Waals surface area contributed by atoms with Crippen molar-refractivity contribution in [2.45, 2.75) is 43.6 Å². The van der Waals surface area contributed by atoms with Gasteiger partial charge in [-0.25, -0.2) is 4.39 Å². The molecule has 0 radical (unpaired) electrons. The van der Waals surface area contributed by atoms with E-state index in [9.17, 15) is 19.1 Å². The maximum atomic E-state index is 13.3. The number of hydrogen-bond acceptors (Lipinski definition) is 3. The molecule has 1 aromatic rings. The lowest BCUT2D eigenvalue weighted by molar-refractivity contribution is -0.136. The van der Waals surface area contributed by atoms with Gasteiger partial charge in [0.25, 0.3) is 0 Å². The lowest BCUT2D eigenvalue weighted by Gasteiger charge is -2.33. The summed E-state index contributed by atoms with van der Waals surface area (Å²) in [5, 5.41) is 13.1. The molecule has 1 aliphatic carbocycles. The van der Waals surface area contributed by atoms with E-state index >= 15 is 0 Å². The molecular formula is C17H21FN2O3. The zero-order chi connectivity index (χ0) is 16.6. The first-order valence-electron chi connectivity index (χ1n) is 7.95. The van der Waals surface area contributed by atoms with Gasteiger partial charge in [0.2, 0.25) is 11.8 Å². The van der Waals surface area contributed by atoms with Gasteiger partial charge in [-0.3, -0.25) is 9.59 Å². The number of amides is 2. The second-order valence-electron chi connectivity index (χ2n) is 6.66. The second kappa shape index (κ2) is 5.92. The molecule has 6 heteroatoms. The predicted octanol–water partition coefficient (Wildman–Crippen LogP) is 2.01. The Morgan fingerprint density at radius 1 is 1.43 bits per heavy atom. The summed E-state index contributed by atoms with van der Waals surface area (Å²) in [5.74, 6) is -1.59. The number of carbonyl (C=O) groups is 2. The standard InChI is InChI=1S/C17H21FN2O3/c1-20(10-17(23)6-2-3-7-17)16(22)13-9-15(21)19-14-8-11(18)4-5-12(13)14/h4-5,8,13,23H,2-3,6-7,9-10H2,1H3,(H,19,21). The van der Waals surface area contributed by atoms with Crippen LogP contribution < -0.4 is 5.32 Å². The predicted molar refractivity (Wildman–Crippen MR) is 83.4 cm³/mol. The molecule has 5 nitrogen and oxygen atoms in total. The molecule has 2 amide bonds. The quantitative estimate of drug-likeness (QED) is 0.895. The third-order valence-corrected chi connectivity index (χ3v) is 4.79. The van der Waals surface area contributed by atoms with Crippen LogP contribution in [0, 0.1) is 5.82 Å². The molecule has 0 saturated heterocycles. The highest BCUT2D eigenvalue weighted by atomic mass is 19.1. The summed E-state index contributed by atoms with van der Waals surface area (Å²) in [5.41, 5.74) is 0.154. The molecule has 3 rings (SSSR count). The van der Waals surface area contributed by atoms with E-state index in [1.807, 2.05) is 0 Å². The van der Waals surface area contributed by atoms with Gasteiger partial charge in [0.05, 0.1) is 11.5 Å². The first-order chi connectivity index (χ1) is 10.9. The van der Waals surface area contributed by atoms with Crippen molar-refractivity contribution in [3.63, 3.8) is 0 Å². The third kappa shape index (κ3) is 3.22. The third-order valence-electron chi connectivity index (χ3n) is 4.79. The fourth-order valence-corrected chi connectivity index (χ4v) is 3.63. The number of carbonyl (C=O) groups excluding carboxylic acids is 2. The highest BCUT2D eigenvalue weighted by Gasteiger charge is 2.37. The van der Waals surface area contributed by atoms with Crippen molar-refractivity contribution in [3.05, 3.63) is 29.6 Å². The molecule has 1 aliphatic heterocycles. The van der Waals surface area contributed by atoms with E-state index in [1.54, 1.807) is 13.1 Å². The lowest BCUT2D eigenvalue weighted by Crippen LogP contribution is -2.44. The summed E-state index contributed by atoms with van der Waals surface area (Å²) in [6.07, 6.45) is 3.36. The van der Waals surface area contributed by atoms with Crippen molar-refractivity contribution in [2.24, 2.45) is 0 Å². The summed E-state index contributed by atoms with van der Waals surface area (Å²) >= 11 is 0. The van der Waals surface area contributed by atoms with Gasteiger partial charge in [-0.15, -0.1) is 0 Å². The van der Waals surface area contributed by atoms with Gasteiger partial charge >= 0.3 is 0 Å². The molecule has 124 valence electrons. The number of benzene rings is 1. The zero-order valence-electron chi connectivity index (χ0n) is 13.1. The molecule has 1 fully saturated rings. The van der Waals surface area contributed by atoms with Crippen LogP contribution in [-0.2, 0) is 9.59 Å². The number of likely N-dealkylation sites (N-methyl/N-ethyl adjacent to an activating group) is 1.